The molecular formula is C18H23NOS. The Labute approximate surface area is 131 Å². The van der Waals surface area contributed by atoms with Crippen molar-refractivity contribution in [3.05, 3.63) is 28.0 Å². The fourth-order valence-electron chi connectivity index (χ4n) is 2.16. The van der Waals surface area contributed by atoms with E-state index < -0.39 is 0 Å². The second-order valence-electron chi connectivity index (χ2n) is 6.71. The van der Waals surface area contributed by atoms with Crippen molar-refractivity contribution in [3.63, 3.8) is 0 Å². The monoisotopic (exact) mass is 301 g/mol. The van der Waals surface area contributed by atoms with Crippen molar-refractivity contribution in [3.8, 4) is 11.8 Å². The van der Waals surface area contributed by atoms with E-state index in [0.717, 1.165) is 29.8 Å². The fourth-order valence-corrected chi connectivity index (χ4v) is 2.85. The average Bonchev–Trinajstić information content (AvgIpc) is 2.84. The number of carbonyl (C=O) groups is 1. The van der Waals surface area contributed by atoms with Crippen molar-refractivity contribution < 1.29 is 4.79 Å². The lowest BCUT2D eigenvalue weighted by Crippen LogP contribution is -2.23. The molecule has 2 rings (SSSR count). The maximum Gasteiger partial charge on any atom is 0.227 e. The van der Waals surface area contributed by atoms with Gasteiger partial charge in [0.05, 0.1) is 10.6 Å². The van der Waals surface area contributed by atoms with Crippen LogP contribution in [0.25, 0.3) is 0 Å². The third-order valence-electron chi connectivity index (χ3n) is 3.44. The summed E-state index contributed by atoms with van der Waals surface area (Å²) in [7, 11) is 0. The van der Waals surface area contributed by atoms with Crippen LogP contribution < -0.4 is 5.32 Å². The molecule has 1 heterocycles. The number of anilines is 1. The minimum atomic E-state index is -0.000304. The third-order valence-corrected chi connectivity index (χ3v) is 4.28. The molecule has 0 radical (unpaired) electrons. The third kappa shape index (κ3) is 5.06. The number of carbonyl (C=O) groups excluding carboxylic acids is 1. The van der Waals surface area contributed by atoms with E-state index in [1.807, 2.05) is 11.4 Å². The largest absolute Gasteiger partial charge is 0.325 e. The van der Waals surface area contributed by atoms with Crippen molar-refractivity contribution >= 4 is 22.9 Å². The second kappa shape index (κ2) is 6.49. The van der Waals surface area contributed by atoms with Gasteiger partial charge in [0.25, 0.3) is 0 Å². The summed E-state index contributed by atoms with van der Waals surface area (Å²) in [4.78, 5) is 13.2. The molecule has 0 saturated heterocycles. The van der Waals surface area contributed by atoms with Crippen LogP contribution in [0.15, 0.2) is 23.1 Å². The molecule has 0 bridgehead atoms. The van der Waals surface area contributed by atoms with Gasteiger partial charge in [0, 0.05) is 16.7 Å². The van der Waals surface area contributed by atoms with Gasteiger partial charge >= 0.3 is 0 Å². The number of thiophene rings is 1. The molecule has 1 amide bonds. The molecule has 21 heavy (non-hydrogen) atoms. The molecule has 0 spiro atoms. The fraction of sp³-hybridized carbons (Fsp3) is 0.500. The van der Waals surface area contributed by atoms with Crippen LogP contribution >= 0.6 is 11.3 Å². The van der Waals surface area contributed by atoms with Crippen LogP contribution in [-0.2, 0) is 4.79 Å². The number of amides is 1. The van der Waals surface area contributed by atoms with Crippen LogP contribution in [0.1, 0.15) is 51.8 Å². The van der Waals surface area contributed by atoms with Gasteiger partial charge < -0.3 is 5.32 Å². The van der Waals surface area contributed by atoms with Crippen molar-refractivity contribution in [2.75, 3.05) is 5.32 Å². The first-order valence-corrected chi connectivity index (χ1v) is 8.30. The summed E-state index contributed by atoms with van der Waals surface area (Å²) in [6.45, 7) is 8.41. The highest BCUT2D eigenvalue weighted by Gasteiger charge is 2.20. The average molecular weight is 301 g/mol. The molecule has 0 unspecified atom stereocenters. The highest BCUT2D eigenvalue weighted by molar-refractivity contribution is 7.11. The van der Waals surface area contributed by atoms with Crippen LogP contribution in [0.4, 0.5) is 5.69 Å². The topological polar surface area (TPSA) is 29.1 Å². The van der Waals surface area contributed by atoms with E-state index in [1.165, 1.54) is 5.57 Å². The lowest BCUT2D eigenvalue weighted by Gasteiger charge is -2.19. The van der Waals surface area contributed by atoms with Crippen LogP contribution in [-0.4, -0.2) is 5.91 Å². The predicted octanol–water partition coefficient (Wildman–Crippen LogP) is 4.83. The van der Waals surface area contributed by atoms with Crippen molar-refractivity contribution in [1.82, 2.24) is 0 Å². The van der Waals surface area contributed by atoms with Crippen LogP contribution in [0.3, 0.4) is 0 Å². The summed E-state index contributed by atoms with van der Waals surface area (Å²) < 4.78 is 0. The molecule has 1 atom stereocenters. The van der Waals surface area contributed by atoms with E-state index in [0.29, 0.717) is 0 Å². The standard InChI is InChI=1S/C18H23NOS/c1-13-5-7-14(8-6-13)17(20)19-15-11-16(21-12-15)9-10-18(2,3)4/h5,11-12,14H,6-8H2,1-4H3,(H,19,20)/t14-/m0/s1. The van der Waals surface area contributed by atoms with Crippen LogP contribution in [0.2, 0.25) is 0 Å². The molecule has 1 aliphatic carbocycles. The van der Waals surface area contributed by atoms with E-state index in [1.54, 1.807) is 11.3 Å². The molecule has 1 aromatic heterocycles. The van der Waals surface area contributed by atoms with Gasteiger partial charge in [0.1, 0.15) is 0 Å². The Bertz CT molecular complexity index is 607. The first kappa shape index (κ1) is 15.9. The quantitative estimate of drug-likeness (QED) is 0.615. The van der Waals surface area contributed by atoms with Crippen molar-refractivity contribution in [1.29, 1.82) is 0 Å². The van der Waals surface area contributed by atoms with Gasteiger partial charge in [0.15, 0.2) is 0 Å². The maximum atomic E-state index is 12.2. The number of rotatable bonds is 2. The summed E-state index contributed by atoms with van der Waals surface area (Å²) in [5.41, 5.74) is 2.27. The molecule has 2 nitrogen and oxygen atoms in total. The Hall–Kier alpha value is -1.53. The van der Waals surface area contributed by atoms with E-state index in [2.05, 4.69) is 50.9 Å². The zero-order chi connectivity index (χ0) is 15.5. The molecule has 0 saturated carbocycles. The first-order chi connectivity index (χ1) is 9.83. The lowest BCUT2D eigenvalue weighted by molar-refractivity contribution is -0.120. The van der Waals surface area contributed by atoms with Crippen molar-refractivity contribution in [2.24, 2.45) is 11.3 Å². The Morgan fingerprint density at radius 2 is 2.19 bits per heavy atom. The second-order valence-corrected chi connectivity index (χ2v) is 7.62. The Balaban J connectivity index is 1.96. The zero-order valence-corrected chi connectivity index (χ0v) is 14.1. The maximum absolute atomic E-state index is 12.2. The predicted molar refractivity (Wildman–Crippen MR) is 90.4 cm³/mol. The molecule has 1 aliphatic rings. The van der Waals surface area contributed by atoms with E-state index in [-0.39, 0.29) is 17.2 Å². The zero-order valence-electron chi connectivity index (χ0n) is 13.2. The molecule has 3 heteroatoms. The van der Waals surface area contributed by atoms with Gasteiger partial charge in [-0.05, 0) is 53.0 Å². The summed E-state index contributed by atoms with van der Waals surface area (Å²) in [5.74, 6) is 6.62. The Morgan fingerprint density at radius 3 is 2.81 bits per heavy atom. The summed E-state index contributed by atoms with van der Waals surface area (Å²) >= 11 is 1.58. The number of hydrogen-bond donors (Lipinski definition) is 1. The SMILES string of the molecule is CC1=CC[C@H](C(=O)Nc2csc(C#CC(C)(C)C)c2)CC1. The van der Waals surface area contributed by atoms with E-state index >= 15 is 0 Å². The van der Waals surface area contributed by atoms with Crippen LogP contribution in [0.5, 0.6) is 0 Å². The summed E-state index contributed by atoms with van der Waals surface area (Å²) in [6.07, 6.45) is 5.03. The molecule has 0 aromatic carbocycles. The Morgan fingerprint density at radius 1 is 1.43 bits per heavy atom. The molecule has 0 aliphatic heterocycles. The van der Waals surface area contributed by atoms with E-state index in [9.17, 15) is 4.79 Å². The van der Waals surface area contributed by atoms with Crippen LogP contribution in [0, 0.1) is 23.2 Å². The van der Waals surface area contributed by atoms with Crippen molar-refractivity contribution in [2.45, 2.75) is 47.0 Å². The van der Waals surface area contributed by atoms with Gasteiger partial charge in [-0.1, -0.05) is 23.5 Å². The molecular weight excluding hydrogens is 278 g/mol. The van der Waals surface area contributed by atoms with Gasteiger partial charge in [0.2, 0.25) is 5.91 Å². The van der Waals surface area contributed by atoms with Gasteiger partial charge in [-0.3, -0.25) is 4.79 Å². The minimum Gasteiger partial charge on any atom is -0.325 e. The highest BCUT2D eigenvalue weighted by Crippen LogP contribution is 2.26. The smallest absolute Gasteiger partial charge is 0.227 e. The van der Waals surface area contributed by atoms with E-state index in [4.69, 9.17) is 0 Å². The number of allylic oxidation sites excluding steroid dienone is 2. The first-order valence-electron chi connectivity index (χ1n) is 7.42. The molecule has 1 N–H and O–H groups in total. The number of nitrogens with one attached hydrogen (secondary N) is 1. The van der Waals surface area contributed by atoms with Gasteiger partial charge in [-0.2, -0.15) is 0 Å². The summed E-state index contributed by atoms with van der Waals surface area (Å²) in [6, 6.07) is 1.96. The van der Waals surface area contributed by atoms with Gasteiger partial charge in [-0.15, -0.1) is 11.3 Å². The molecule has 1 aromatic rings. The summed E-state index contributed by atoms with van der Waals surface area (Å²) in [5, 5.41) is 4.99. The number of hydrogen-bond acceptors (Lipinski definition) is 2. The Kier molecular flexibility index (Phi) is 4.90. The minimum absolute atomic E-state index is 0.000304. The van der Waals surface area contributed by atoms with Gasteiger partial charge in [-0.25, -0.2) is 0 Å². The normalized spacial score (nSPS) is 18.5. The molecule has 112 valence electrons. The molecule has 0 fully saturated rings. The highest BCUT2D eigenvalue weighted by atomic mass is 32.1. The lowest BCUT2D eigenvalue weighted by atomic mass is 9.89.